The largest absolute Gasteiger partial charge is 0.324 e. The van der Waals surface area contributed by atoms with Gasteiger partial charge in [-0.3, -0.25) is 14.0 Å². The molecule has 1 saturated heterocycles. The molecule has 1 aliphatic rings. The van der Waals surface area contributed by atoms with Gasteiger partial charge in [0.05, 0.1) is 11.4 Å². The van der Waals surface area contributed by atoms with E-state index in [9.17, 15) is 13.2 Å². The van der Waals surface area contributed by atoms with Crippen molar-refractivity contribution in [3.63, 3.8) is 0 Å². The molecule has 3 rings (SSSR count). The zero-order chi connectivity index (χ0) is 19.4. The lowest BCUT2D eigenvalue weighted by molar-refractivity contribution is -0.120. The molecule has 7 heteroatoms. The summed E-state index contributed by atoms with van der Waals surface area (Å²) in [6, 6.07) is 16.2. The Balaban J connectivity index is 1.75. The SMILES string of the molecule is CN(C)C(C(=O)Nc1ccc(N2CCCCS2(=O)=O)cc1)c1ccccc1. The van der Waals surface area contributed by atoms with Gasteiger partial charge in [-0.2, -0.15) is 0 Å². The number of sulfonamides is 1. The first-order valence-electron chi connectivity index (χ1n) is 9.01. The first-order valence-corrected chi connectivity index (χ1v) is 10.6. The topological polar surface area (TPSA) is 69.7 Å². The minimum atomic E-state index is -3.23. The number of hydrogen-bond donors (Lipinski definition) is 1. The van der Waals surface area contributed by atoms with E-state index in [2.05, 4.69) is 5.32 Å². The second-order valence-corrected chi connectivity index (χ2v) is 8.92. The molecule has 0 spiro atoms. The summed E-state index contributed by atoms with van der Waals surface area (Å²) in [7, 11) is 0.491. The van der Waals surface area contributed by atoms with Crippen LogP contribution in [0.15, 0.2) is 54.6 Å². The lowest BCUT2D eigenvalue weighted by Gasteiger charge is -2.28. The van der Waals surface area contributed by atoms with Gasteiger partial charge in [0.15, 0.2) is 0 Å². The summed E-state index contributed by atoms with van der Waals surface area (Å²) in [6.07, 6.45) is 1.57. The lowest BCUT2D eigenvalue weighted by atomic mass is 10.1. The van der Waals surface area contributed by atoms with Crippen LogP contribution in [0.5, 0.6) is 0 Å². The molecule has 0 saturated carbocycles. The number of anilines is 2. The van der Waals surface area contributed by atoms with Crippen molar-refractivity contribution in [3.05, 3.63) is 60.2 Å². The van der Waals surface area contributed by atoms with Gasteiger partial charge in [-0.25, -0.2) is 8.42 Å². The zero-order valence-electron chi connectivity index (χ0n) is 15.6. The van der Waals surface area contributed by atoms with Crippen molar-refractivity contribution in [2.45, 2.75) is 18.9 Å². The number of rotatable bonds is 5. The van der Waals surface area contributed by atoms with Crippen LogP contribution in [-0.4, -0.2) is 45.6 Å². The molecule has 1 N–H and O–H groups in total. The molecule has 0 aliphatic carbocycles. The molecule has 2 aromatic carbocycles. The fraction of sp³-hybridized carbons (Fsp3) is 0.350. The first kappa shape index (κ1) is 19.4. The second kappa shape index (κ2) is 8.10. The van der Waals surface area contributed by atoms with Crippen molar-refractivity contribution >= 4 is 27.3 Å². The second-order valence-electron chi connectivity index (χ2n) is 6.91. The van der Waals surface area contributed by atoms with Gasteiger partial charge in [0.1, 0.15) is 6.04 Å². The van der Waals surface area contributed by atoms with Crippen LogP contribution in [0.4, 0.5) is 11.4 Å². The number of benzene rings is 2. The standard InChI is InChI=1S/C20H25N3O3S/c1-22(2)19(16-8-4-3-5-9-16)20(24)21-17-10-12-18(13-11-17)23-14-6-7-15-27(23,25)26/h3-5,8-13,19H,6-7,14-15H2,1-2H3,(H,21,24). The molecule has 6 nitrogen and oxygen atoms in total. The average Bonchev–Trinajstić information content (AvgIpc) is 2.63. The summed E-state index contributed by atoms with van der Waals surface area (Å²) in [5.41, 5.74) is 2.19. The Labute approximate surface area is 160 Å². The molecular formula is C20H25N3O3S. The molecular weight excluding hydrogens is 362 g/mol. The van der Waals surface area contributed by atoms with E-state index < -0.39 is 16.1 Å². The van der Waals surface area contributed by atoms with Crippen molar-refractivity contribution in [3.8, 4) is 0 Å². The molecule has 0 bridgehead atoms. The molecule has 1 atom stereocenters. The predicted octanol–water partition coefficient (Wildman–Crippen LogP) is 2.86. The van der Waals surface area contributed by atoms with Gasteiger partial charge < -0.3 is 5.32 Å². The van der Waals surface area contributed by atoms with Gasteiger partial charge in [0.25, 0.3) is 0 Å². The van der Waals surface area contributed by atoms with Gasteiger partial charge in [-0.05, 0) is 56.8 Å². The van der Waals surface area contributed by atoms with E-state index >= 15 is 0 Å². The molecule has 1 fully saturated rings. The Morgan fingerprint density at radius 3 is 2.30 bits per heavy atom. The first-order chi connectivity index (χ1) is 12.9. The zero-order valence-corrected chi connectivity index (χ0v) is 16.4. The normalized spacial score (nSPS) is 17.5. The van der Waals surface area contributed by atoms with Crippen molar-refractivity contribution in [1.29, 1.82) is 0 Å². The van der Waals surface area contributed by atoms with Crippen LogP contribution in [0, 0.1) is 0 Å². The number of carbonyl (C=O) groups excluding carboxylic acids is 1. The molecule has 0 aromatic heterocycles. The van der Waals surface area contributed by atoms with Gasteiger partial charge in [0.2, 0.25) is 15.9 Å². The molecule has 0 radical (unpaired) electrons. The summed E-state index contributed by atoms with van der Waals surface area (Å²) in [4.78, 5) is 14.6. The van der Waals surface area contributed by atoms with Crippen LogP contribution in [0.3, 0.4) is 0 Å². The van der Waals surface area contributed by atoms with Crippen LogP contribution < -0.4 is 9.62 Å². The van der Waals surface area contributed by atoms with E-state index in [1.165, 1.54) is 4.31 Å². The maximum absolute atomic E-state index is 12.8. The minimum absolute atomic E-state index is 0.135. The highest BCUT2D eigenvalue weighted by molar-refractivity contribution is 7.92. The minimum Gasteiger partial charge on any atom is -0.324 e. The van der Waals surface area contributed by atoms with Crippen molar-refractivity contribution in [2.75, 3.05) is 36.0 Å². The fourth-order valence-electron chi connectivity index (χ4n) is 3.32. The number of likely N-dealkylation sites (N-methyl/N-ethyl adjacent to an activating group) is 1. The summed E-state index contributed by atoms with van der Waals surface area (Å²) in [5, 5.41) is 2.92. The summed E-state index contributed by atoms with van der Waals surface area (Å²) in [5.74, 6) is 0.0529. The summed E-state index contributed by atoms with van der Waals surface area (Å²) in [6.45, 7) is 0.505. The van der Waals surface area contributed by atoms with E-state index in [1.54, 1.807) is 24.3 Å². The monoisotopic (exact) mass is 387 g/mol. The van der Waals surface area contributed by atoms with Gasteiger partial charge in [0, 0.05) is 12.2 Å². The quantitative estimate of drug-likeness (QED) is 0.857. The third kappa shape index (κ3) is 4.48. The Hall–Kier alpha value is -2.38. The van der Waals surface area contributed by atoms with Crippen LogP contribution in [0.1, 0.15) is 24.4 Å². The predicted molar refractivity (Wildman–Crippen MR) is 108 cm³/mol. The van der Waals surface area contributed by atoms with E-state index in [1.807, 2.05) is 49.3 Å². The third-order valence-corrected chi connectivity index (χ3v) is 6.52. The van der Waals surface area contributed by atoms with Crippen LogP contribution in [-0.2, 0) is 14.8 Å². The number of nitrogens with one attached hydrogen (secondary N) is 1. The molecule has 144 valence electrons. The highest BCUT2D eigenvalue weighted by atomic mass is 32.2. The highest BCUT2D eigenvalue weighted by Crippen LogP contribution is 2.26. The molecule has 1 unspecified atom stereocenters. The maximum atomic E-state index is 12.8. The number of nitrogens with zero attached hydrogens (tertiary/aromatic N) is 2. The Morgan fingerprint density at radius 1 is 1.04 bits per heavy atom. The Morgan fingerprint density at radius 2 is 1.70 bits per heavy atom. The van der Waals surface area contributed by atoms with Crippen LogP contribution >= 0.6 is 0 Å². The van der Waals surface area contributed by atoms with Gasteiger partial charge in [-0.1, -0.05) is 30.3 Å². The van der Waals surface area contributed by atoms with Gasteiger partial charge >= 0.3 is 0 Å². The third-order valence-electron chi connectivity index (χ3n) is 4.65. The molecule has 1 aliphatic heterocycles. The van der Waals surface area contributed by atoms with Crippen LogP contribution in [0.25, 0.3) is 0 Å². The molecule has 2 aromatic rings. The molecule has 1 heterocycles. The van der Waals surface area contributed by atoms with Crippen molar-refractivity contribution in [2.24, 2.45) is 0 Å². The maximum Gasteiger partial charge on any atom is 0.246 e. The van der Waals surface area contributed by atoms with Crippen molar-refractivity contribution < 1.29 is 13.2 Å². The highest BCUT2D eigenvalue weighted by Gasteiger charge is 2.26. The smallest absolute Gasteiger partial charge is 0.246 e. The molecule has 1 amide bonds. The number of amides is 1. The van der Waals surface area contributed by atoms with E-state index in [0.29, 0.717) is 24.3 Å². The van der Waals surface area contributed by atoms with E-state index in [4.69, 9.17) is 0 Å². The van der Waals surface area contributed by atoms with Crippen LogP contribution in [0.2, 0.25) is 0 Å². The van der Waals surface area contributed by atoms with Gasteiger partial charge in [-0.15, -0.1) is 0 Å². The average molecular weight is 388 g/mol. The number of hydrogen-bond acceptors (Lipinski definition) is 4. The molecule has 27 heavy (non-hydrogen) atoms. The number of carbonyl (C=O) groups is 1. The fourth-order valence-corrected chi connectivity index (χ4v) is 4.96. The Kier molecular flexibility index (Phi) is 5.82. The summed E-state index contributed by atoms with van der Waals surface area (Å²) < 4.78 is 25.9. The van der Waals surface area contributed by atoms with E-state index in [-0.39, 0.29) is 11.7 Å². The van der Waals surface area contributed by atoms with E-state index in [0.717, 1.165) is 12.0 Å². The lowest BCUT2D eigenvalue weighted by Crippen LogP contribution is -2.37. The van der Waals surface area contributed by atoms with Crippen molar-refractivity contribution in [1.82, 2.24) is 4.90 Å². The summed E-state index contributed by atoms with van der Waals surface area (Å²) >= 11 is 0. The Bertz CT molecular complexity index is 880.